The van der Waals surface area contributed by atoms with E-state index < -0.39 is 0 Å². The molecule has 1 saturated heterocycles. The molecule has 2 aliphatic rings. The number of carbonyl (C=O) groups excluding carboxylic acids is 1. The molecule has 1 aliphatic heterocycles. The van der Waals surface area contributed by atoms with Gasteiger partial charge in [0.25, 0.3) is 0 Å². The van der Waals surface area contributed by atoms with Crippen LogP contribution in [-0.2, 0) is 11.2 Å². The van der Waals surface area contributed by atoms with Gasteiger partial charge in [-0.2, -0.15) is 0 Å². The highest BCUT2D eigenvalue weighted by Crippen LogP contribution is 2.30. The molecule has 2 N–H and O–H groups in total. The Hall–Kier alpha value is -1.55. The van der Waals surface area contributed by atoms with E-state index in [1.165, 1.54) is 5.56 Å². The number of methoxy groups -OCH3 is 1. The lowest BCUT2D eigenvalue weighted by Gasteiger charge is -2.34. The first-order valence-corrected chi connectivity index (χ1v) is 8.83. The predicted octanol–water partition coefficient (Wildman–Crippen LogP) is 2.60. The maximum absolute atomic E-state index is 12.6. The van der Waals surface area contributed by atoms with Crippen LogP contribution in [0.4, 0.5) is 0 Å². The van der Waals surface area contributed by atoms with Crippen molar-refractivity contribution in [3.05, 3.63) is 29.8 Å². The number of hydrogen-bond donors (Lipinski definition) is 1. The fourth-order valence-electron chi connectivity index (χ4n) is 4.04. The van der Waals surface area contributed by atoms with Gasteiger partial charge in [0.15, 0.2) is 0 Å². The number of rotatable bonds is 4. The lowest BCUT2D eigenvalue weighted by molar-refractivity contribution is -0.136. The molecule has 0 bridgehead atoms. The minimum absolute atomic E-state index is 0.177. The van der Waals surface area contributed by atoms with Gasteiger partial charge in [0.1, 0.15) is 5.75 Å². The number of nitrogens with zero attached hydrogens (tertiary/aromatic N) is 1. The zero-order chi connectivity index (χ0) is 16.2. The van der Waals surface area contributed by atoms with Gasteiger partial charge in [0.2, 0.25) is 5.91 Å². The molecule has 2 atom stereocenters. The second kappa shape index (κ2) is 7.35. The van der Waals surface area contributed by atoms with Crippen LogP contribution in [-0.4, -0.2) is 37.0 Å². The van der Waals surface area contributed by atoms with E-state index in [2.05, 4.69) is 17.0 Å². The van der Waals surface area contributed by atoms with E-state index in [1.807, 2.05) is 12.1 Å². The normalized spacial score (nSPS) is 25.6. The Morgan fingerprint density at radius 3 is 2.61 bits per heavy atom. The summed E-state index contributed by atoms with van der Waals surface area (Å²) in [4.78, 5) is 14.6. The van der Waals surface area contributed by atoms with Crippen molar-refractivity contribution < 1.29 is 9.53 Å². The Balaban J connectivity index is 1.51. The lowest BCUT2D eigenvalue weighted by Crippen LogP contribution is -2.41. The molecule has 23 heavy (non-hydrogen) atoms. The van der Waals surface area contributed by atoms with Crippen molar-refractivity contribution in [2.75, 3.05) is 20.2 Å². The fourth-order valence-corrected chi connectivity index (χ4v) is 4.04. The minimum Gasteiger partial charge on any atom is -0.496 e. The third-order valence-electron chi connectivity index (χ3n) is 5.45. The number of likely N-dealkylation sites (tertiary alicyclic amines) is 1. The molecule has 1 aromatic rings. The average Bonchev–Trinajstić information content (AvgIpc) is 3.02. The standard InChI is InChI=1S/C19H28N2O2/c1-23-18-5-3-2-4-15(18)12-14-8-10-21(11-9-14)19(22)16-6-7-17(20)13-16/h2-5,14,16-17H,6-13,20H2,1H3/t16-,17-/m0/s1. The third kappa shape index (κ3) is 3.86. The first-order valence-electron chi connectivity index (χ1n) is 8.83. The quantitative estimate of drug-likeness (QED) is 0.929. The fraction of sp³-hybridized carbons (Fsp3) is 0.632. The highest BCUT2D eigenvalue weighted by Gasteiger charge is 2.32. The largest absolute Gasteiger partial charge is 0.496 e. The van der Waals surface area contributed by atoms with Crippen LogP contribution in [0, 0.1) is 11.8 Å². The molecule has 1 heterocycles. The zero-order valence-corrected chi connectivity index (χ0v) is 14.0. The summed E-state index contributed by atoms with van der Waals surface area (Å²) >= 11 is 0. The molecule has 1 aliphatic carbocycles. The smallest absolute Gasteiger partial charge is 0.225 e. The molecule has 0 spiro atoms. The Morgan fingerprint density at radius 2 is 1.96 bits per heavy atom. The highest BCUT2D eigenvalue weighted by atomic mass is 16.5. The third-order valence-corrected chi connectivity index (χ3v) is 5.45. The van der Waals surface area contributed by atoms with Gasteiger partial charge in [-0.3, -0.25) is 4.79 Å². The van der Waals surface area contributed by atoms with Crippen molar-refractivity contribution in [2.45, 2.75) is 44.6 Å². The Bertz CT molecular complexity index is 538. The number of piperidine rings is 1. The molecule has 126 valence electrons. The van der Waals surface area contributed by atoms with E-state index in [1.54, 1.807) is 7.11 Å². The van der Waals surface area contributed by atoms with Crippen LogP contribution < -0.4 is 10.5 Å². The maximum atomic E-state index is 12.6. The molecule has 4 nitrogen and oxygen atoms in total. The Labute approximate surface area is 139 Å². The highest BCUT2D eigenvalue weighted by molar-refractivity contribution is 5.79. The first-order chi connectivity index (χ1) is 11.2. The van der Waals surface area contributed by atoms with E-state index in [9.17, 15) is 4.79 Å². The number of carbonyl (C=O) groups is 1. The van der Waals surface area contributed by atoms with Crippen molar-refractivity contribution in [3.8, 4) is 5.75 Å². The van der Waals surface area contributed by atoms with Crippen molar-refractivity contribution in [2.24, 2.45) is 17.6 Å². The number of ether oxygens (including phenoxy) is 1. The summed E-state index contributed by atoms with van der Waals surface area (Å²) in [5.41, 5.74) is 7.22. The molecule has 1 amide bonds. The summed E-state index contributed by atoms with van der Waals surface area (Å²) in [6.07, 6.45) is 6.06. The van der Waals surface area contributed by atoms with Crippen LogP contribution in [0.1, 0.15) is 37.7 Å². The van der Waals surface area contributed by atoms with E-state index in [4.69, 9.17) is 10.5 Å². The van der Waals surface area contributed by atoms with Gasteiger partial charge >= 0.3 is 0 Å². The van der Waals surface area contributed by atoms with Crippen molar-refractivity contribution >= 4 is 5.91 Å². The monoisotopic (exact) mass is 316 g/mol. The second-order valence-electron chi connectivity index (χ2n) is 7.05. The number of benzene rings is 1. The van der Waals surface area contributed by atoms with Crippen LogP contribution in [0.2, 0.25) is 0 Å². The van der Waals surface area contributed by atoms with Gasteiger partial charge < -0.3 is 15.4 Å². The number of para-hydroxylation sites is 1. The summed E-state index contributed by atoms with van der Waals surface area (Å²) in [6.45, 7) is 1.79. The molecular weight excluding hydrogens is 288 g/mol. The summed E-state index contributed by atoms with van der Waals surface area (Å²) in [5.74, 6) is 2.14. The van der Waals surface area contributed by atoms with E-state index in [0.29, 0.717) is 11.8 Å². The van der Waals surface area contributed by atoms with Crippen molar-refractivity contribution in [1.82, 2.24) is 4.90 Å². The molecular formula is C19H28N2O2. The molecule has 0 radical (unpaired) electrons. The minimum atomic E-state index is 0.177. The molecule has 4 heteroatoms. The molecule has 1 aromatic carbocycles. The van der Waals surface area contributed by atoms with Gasteiger partial charge in [-0.15, -0.1) is 0 Å². The van der Waals surface area contributed by atoms with Gasteiger partial charge in [0, 0.05) is 25.0 Å². The van der Waals surface area contributed by atoms with Crippen molar-refractivity contribution in [3.63, 3.8) is 0 Å². The lowest BCUT2D eigenvalue weighted by atomic mass is 9.89. The summed E-state index contributed by atoms with van der Waals surface area (Å²) in [6, 6.07) is 8.48. The van der Waals surface area contributed by atoms with Crippen LogP contribution in [0.3, 0.4) is 0 Å². The predicted molar refractivity (Wildman–Crippen MR) is 91.3 cm³/mol. The summed E-state index contributed by atoms with van der Waals surface area (Å²) < 4.78 is 5.45. The van der Waals surface area contributed by atoms with E-state index in [0.717, 1.165) is 57.4 Å². The summed E-state index contributed by atoms with van der Waals surface area (Å²) in [7, 11) is 1.73. The van der Waals surface area contributed by atoms with Crippen LogP contribution in [0.15, 0.2) is 24.3 Å². The van der Waals surface area contributed by atoms with E-state index in [-0.39, 0.29) is 12.0 Å². The number of nitrogens with two attached hydrogens (primary N) is 1. The number of hydrogen-bond acceptors (Lipinski definition) is 3. The average molecular weight is 316 g/mol. The SMILES string of the molecule is COc1ccccc1CC1CCN(C(=O)[C@H]2CC[C@H](N)C2)CC1. The van der Waals surface area contributed by atoms with Crippen LogP contribution in [0.25, 0.3) is 0 Å². The second-order valence-corrected chi connectivity index (χ2v) is 7.05. The Morgan fingerprint density at radius 1 is 1.22 bits per heavy atom. The number of amides is 1. The topological polar surface area (TPSA) is 55.6 Å². The first kappa shape index (κ1) is 16.3. The molecule has 0 unspecified atom stereocenters. The van der Waals surface area contributed by atoms with Crippen LogP contribution in [0.5, 0.6) is 5.75 Å². The van der Waals surface area contributed by atoms with Gasteiger partial charge in [0.05, 0.1) is 7.11 Å². The molecule has 1 saturated carbocycles. The molecule has 2 fully saturated rings. The van der Waals surface area contributed by atoms with E-state index >= 15 is 0 Å². The molecule has 3 rings (SSSR count). The Kier molecular flexibility index (Phi) is 5.21. The van der Waals surface area contributed by atoms with Gasteiger partial charge in [-0.05, 0) is 56.1 Å². The molecule has 0 aromatic heterocycles. The van der Waals surface area contributed by atoms with Crippen LogP contribution >= 0.6 is 0 Å². The van der Waals surface area contributed by atoms with Crippen molar-refractivity contribution in [1.29, 1.82) is 0 Å². The zero-order valence-electron chi connectivity index (χ0n) is 14.0. The summed E-state index contributed by atoms with van der Waals surface area (Å²) in [5, 5.41) is 0. The maximum Gasteiger partial charge on any atom is 0.225 e. The van der Waals surface area contributed by atoms with Gasteiger partial charge in [-0.25, -0.2) is 0 Å². The van der Waals surface area contributed by atoms with Gasteiger partial charge in [-0.1, -0.05) is 18.2 Å².